The number of hydrogen-bond acceptors (Lipinski definition) is 5. The van der Waals surface area contributed by atoms with Crippen molar-refractivity contribution in [2.24, 2.45) is 22.4 Å². The van der Waals surface area contributed by atoms with Crippen LogP contribution in [0, 0.1) is 27.4 Å². The summed E-state index contributed by atoms with van der Waals surface area (Å²) in [7, 11) is 0. The molecule has 3 atom stereocenters. The van der Waals surface area contributed by atoms with Crippen LogP contribution in [-0.4, -0.2) is 17.0 Å². The molecule has 0 unspecified atom stereocenters. The van der Waals surface area contributed by atoms with Gasteiger partial charge in [0.05, 0.1) is 11.1 Å². The Morgan fingerprint density at radius 2 is 1.97 bits per heavy atom. The minimum absolute atomic E-state index is 0.0312. The zero-order valence-electron chi connectivity index (χ0n) is 16.9. The number of fused-ring (bicyclic) bond motifs is 1. The summed E-state index contributed by atoms with van der Waals surface area (Å²) in [5, 5.41) is 14.8. The first kappa shape index (κ1) is 20.1. The number of ether oxygens (including phenoxy) is 1. The van der Waals surface area contributed by atoms with Gasteiger partial charge in [0.15, 0.2) is 0 Å². The maximum atomic E-state index is 12.4. The van der Waals surface area contributed by atoms with Crippen molar-refractivity contribution in [3.05, 3.63) is 69.8 Å². The van der Waals surface area contributed by atoms with Gasteiger partial charge in [-0.2, -0.15) is 5.10 Å². The van der Waals surface area contributed by atoms with Crippen LogP contribution < -0.4 is 10.2 Å². The average Bonchev–Trinajstić information content (AvgIpc) is 3.39. The van der Waals surface area contributed by atoms with Crippen molar-refractivity contribution in [2.45, 2.75) is 39.2 Å². The molecule has 2 aliphatic carbocycles. The summed E-state index contributed by atoms with van der Waals surface area (Å²) in [6.07, 6.45) is 6.37. The van der Waals surface area contributed by atoms with Crippen LogP contribution in [0.3, 0.4) is 0 Å². The first-order valence-electron chi connectivity index (χ1n) is 10.3. The van der Waals surface area contributed by atoms with Crippen molar-refractivity contribution >= 4 is 17.8 Å². The van der Waals surface area contributed by atoms with Crippen LogP contribution in [0.5, 0.6) is 5.75 Å². The molecular weight excluding hydrogens is 382 g/mol. The lowest BCUT2D eigenvalue weighted by molar-refractivity contribution is -0.384. The Morgan fingerprint density at radius 1 is 1.23 bits per heavy atom. The number of non-ortho nitro benzene ring substituents is 1. The Kier molecular flexibility index (Phi) is 5.53. The number of nitro benzene ring substituents is 1. The summed E-state index contributed by atoms with van der Waals surface area (Å²) in [4.78, 5) is 22.7. The molecule has 1 amide bonds. The predicted octanol–water partition coefficient (Wildman–Crippen LogP) is 4.45. The number of rotatable bonds is 7. The predicted molar refractivity (Wildman–Crippen MR) is 113 cm³/mol. The van der Waals surface area contributed by atoms with Crippen LogP contribution >= 0.6 is 0 Å². The monoisotopic (exact) mass is 407 g/mol. The van der Waals surface area contributed by atoms with Crippen molar-refractivity contribution in [2.75, 3.05) is 0 Å². The second-order valence-corrected chi connectivity index (χ2v) is 8.35. The molecule has 156 valence electrons. The molecule has 2 aromatic carbocycles. The van der Waals surface area contributed by atoms with E-state index in [1.54, 1.807) is 18.3 Å². The van der Waals surface area contributed by atoms with E-state index in [0.717, 1.165) is 24.0 Å². The molecule has 30 heavy (non-hydrogen) atoms. The highest BCUT2D eigenvalue weighted by Gasteiger charge is 2.64. The Bertz CT molecular complexity index is 955. The van der Waals surface area contributed by atoms with Gasteiger partial charge >= 0.3 is 0 Å². The summed E-state index contributed by atoms with van der Waals surface area (Å²) < 4.78 is 5.71. The van der Waals surface area contributed by atoms with Crippen LogP contribution in [0.4, 0.5) is 5.69 Å². The normalized spacial score (nSPS) is 24.8. The molecule has 0 aliphatic heterocycles. The highest BCUT2D eigenvalue weighted by atomic mass is 16.6. The summed E-state index contributed by atoms with van der Waals surface area (Å²) in [5.41, 5.74) is 4.65. The van der Waals surface area contributed by atoms with Gasteiger partial charge in [-0.3, -0.25) is 14.9 Å². The highest BCUT2D eigenvalue weighted by Crippen LogP contribution is 2.66. The largest absolute Gasteiger partial charge is 0.489 e. The Labute approximate surface area is 175 Å². The molecule has 2 aliphatic rings. The first-order valence-corrected chi connectivity index (χ1v) is 10.3. The zero-order valence-corrected chi connectivity index (χ0v) is 16.9. The Hall–Kier alpha value is -3.22. The van der Waals surface area contributed by atoms with Crippen molar-refractivity contribution in [1.82, 2.24) is 5.43 Å². The number of carbonyl (C=O) groups is 1. The second kappa shape index (κ2) is 8.26. The van der Waals surface area contributed by atoms with E-state index < -0.39 is 4.92 Å². The van der Waals surface area contributed by atoms with E-state index in [2.05, 4.69) is 17.5 Å². The molecule has 0 aromatic heterocycles. The molecular formula is C23H25N3O4. The third-order valence-electron chi connectivity index (χ3n) is 6.43. The third kappa shape index (κ3) is 4.20. The van der Waals surface area contributed by atoms with E-state index in [1.165, 1.54) is 25.0 Å². The number of hydrazone groups is 1. The van der Waals surface area contributed by atoms with Gasteiger partial charge in [-0.1, -0.05) is 19.8 Å². The third-order valence-corrected chi connectivity index (χ3v) is 6.43. The van der Waals surface area contributed by atoms with Gasteiger partial charge in [0, 0.05) is 18.1 Å². The van der Waals surface area contributed by atoms with Gasteiger partial charge in [0.25, 0.3) is 5.69 Å². The smallest absolute Gasteiger partial charge is 0.269 e. The maximum absolute atomic E-state index is 12.4. The minimum Gasteiger partial charge on any atom is -0.489 e. The van der Waals surface area contributed by atoms with Gasteiger partial charge < -0.3 is 4.74 Å². The van der Waals surface area contributed by atoms with E-state index in [0.29, 0.717) is 18.3 Å². The van der Waals surface area contributed by atoms with Crippen LogP contribution in [0.2, 0.25) is 0 Å². The van der Waals surface area contributed by atoms with Crippen molar-refractivity contribution in [3.63, 3.8) is 0 Å². The summed E-state index contributed by atoms with van der Waals surface area (Å²) in [5.74, 6) is 1.34. The molecule has 7 heteroatoms. The number of hydrogen-bond donors (Lipinski definition) is 1. The molecule has 2 fully saturated rings. The standard InChI is InChI=1S/C23H25N3O4/c1-23-13-3-2-4-20(23)21(23)22(27)25-24-14-16-7-11-19(12-8-16)30-15-17-5-9-18(10-6-17)26(28)29/h5-12,14,20-21H,2-4,13,15H2,1H3,(H,25,27)/b24-14-/t20-,21-,23+/m1/s1. The molecule has 1 N–H and O–H groups in total. The molecule has 4 rings (SSSR count). The van der Waals surface area contributed by atoms with Gasteiger partial charge in [-0.15, -0.1) is 0 Å². The fraction of sp³-hybridized carbons (Fsp3) is 0.391. The zero-order chi connectivity index (χ0) is 21.1. The lowest BCUT2D eigenvalue weighted by Crippen LogP contribution is -2.22. The fourth-order valence-electron chi connectivity index (χ4n) is 4.62. The number of nitrogens with one attached hydrogen (secondary N) is 1. The molecule has 0 saturated heterocycles. The fourth-order valence-corrected chi connectivity index (χ4v) is 4.62. The number of nitrogens with zero attached hydrogens (tertiary/aromatic N) is 2. The lowest BCUT2D eigenvalue weighted by Gasteiger charge is -2.15. The number of nitro groups is 1. The minimum atomic E-state index is -0.425. The van der Waals surface area contributed by atoms with Crippen LogP contribution in [0.25, 0.3) is 0 Å². The van der Waals surface area contributed by atoms with Crippen molar-refractivity contribution in [3.8, 4) is 5.75 Å². The molecule has 0 spiro atoms. The molecule has 0 radical (unpaired) electrons. The first-order chi connectivity index (χ1) is 14.5. The summed E-state index contributed by atoms with van der Waals surface area (Å²) in [6.45, 7) is 2.54. The van der Waals surface area contributed by atoms with Crippen LogP contribution in [-0.2, 0) is 11.4 Å². The number of amides is 1. The van der Waals surface area contributed by atoms with Gasteiger partial charge in [-0.05, 0) is 71.7 Å². The van der Waals surface area contributed by atoms with E-state index in [-0.39, 0.29) is 22.9 Å². The van der Waals surface area contributed by atoms with Crippen LogP contribution in [0.1, 0.15) is 43.7 Å². The number of carbonyl (C=O) groups excluding carboxylic acids is 1. The van der Waals surface area contributed by atoms with Gasteiger partial charge in [-0.25, -0.2) is 5.43 Å². The van der Waals surface area contributed by atoms with Crippen LogP contribution in [0.15, 0.2) is 53.6 Å². The van der Waals surface area contributed by atoms with Gasteiger partial charge in [0.2, 0.25) is 5.91 Å². The summed E-state index contributed by atoms with van der Waals surface area (Å²) >= 11 is 0. The topological polar surface area (TPSA) is 93.8 Å². The SMILES string of the molecule is C[C@]12CCCC[C@@H]1[C@@H]2C(=O)N/N=C\c1ccc(OCc2ccc([N+](=O)[O-])cc2)cc1. The molecule has 0 heterocycles. The van der Waals surface area contributed by atoms with Crippen molar-refractivity contribution in [1.29, 1.82) is 0 Å². The molecule has 2 saturated carbocycles. The number of benzene rings is 2. The van der Waals surface area contributed by atoms with E-state index in [1.807, 2.05) is 24.3 Å². The van der Waals surface area contributed by atoms with E-state index in [9.17, 15) is 14.9 Å². The Morgan fingerprint density at radius 3 is 2.60 bits per heavy atom. The summed E-state index contributed by atoms with van der Waals surface area (Å²) in [6, 6.07) is 13.7. The molecule has 7 nitrogen and oxygen atoms in total. The molecule has 0 bridgehead atoms. The van der Waals surface area contributed by atoms with E-state index in [4.69, 9.17) is 4.74 Å². The maximum Gasteiger partial charge on any atom is 0.269 e. The molecule has 2 aromatic rings. The highest BCUT2D eigenvalue weighted by molar-refractivity contribution is 5.85. The van der Waals surface area contributed by atoms with Gasteiger partial charge in [0.1, 0.15) is 12.4 Å². The Balaban J connectivity index is 1.25. The van der Waals surface area contributed by atoms with E-state index >= 15 is 0 Å². The average molecular weight is 407 g/mol. The second-order valence-electron chi connectivity index (χ2n) is 8.35. The lowest BCUT2D eigenvalue weighted by atomic mass is 9.90. The quantitative estimate of drug-likeness (QED) is 0.417. The van der Waals surface area contributed by atoms with Crippen molar-refractivity contribution < 1.29 is 14.5 Å².